The minimum absolute atomic E-state index is 0.0668. The highest BCUT2D eigenvalue weighted by Crippen LogP contribution is 2.30. The standard InChI is InChI=1S/C24H23ClN7O/c25-18-3-1-2-16(10-18)24(33)30-8-5-19(6-9-30)31-13-20(14-31)32-12-17(11-29-32)22-21-4-7-26-23(21)28-15-27-22/h1-4,7,10-12,15,19H,5-6,8-9,13-14H2,(H,26,27,28). The average molecular weight is 461 g/mol. The number of hydrogen-bond acceptors (Lipinski definition) is 5. The second-order valence-electron chi connectivity index (χ2n) is 8.64. The molecule has 6 rings (SSSR count). The Bertz CT molecular complexity index is 1300. The van der Waals surface area contributed by atoms with Crippen molar-refractivity contribution in [1.29, 1.82) is 0 Å². The lowest BCUT2D eigenvalue weighted by Gasteiger charge is -2.46. The monoisotopic (exact) mass is 460 g/mol. The number of aromatic amines is 1. The number of amides is 1. The summed E-state index contributed by atoms with van der Waals surface area (Å²) in [6, 6.07) is 11.0. The quantitative estimate of drug-likeness (QED) is 0.504. The predicted octanol–water partition coefficient (Wildman–Crippen LogP) is 3.48. The van der Waals surface area contributed by atoms with Gasteiger partial charge in [-0.1, -0.05) is 17.7 Å². The number of fused-ring (bicyclic) bond motifs is 1. The van der Waals surface area contributed by atoms with E-state index in [1.54, 1.807) is 18.5 Å². The topological polar surface area (TPSA) is 82.9 Å². The largest absolute Gasteiger partial charge is 0.346 e. The van der Waals surface area contributed by atoms with Gasteiger partial charge in [-0.2, -0.15) is 5.10 Å². The number of rotatable bonds is 4. The van der Waals surface area contributed by atoms with Crippen LogP contribution in [-0.2, 0) is 0 Å². The molecule has 1 N–H and O–H groups in total. The Morgan fingerprint density at radius 3 is 2.79 bits per heavy atom. The highest BCUT2D eigenvalue weighted by Gasteiger charge is 2.37. The molecule has 0 bridgehead atoms. The van der Waals surface area contributed by atoms with E-state index in [1.165, 1.54) is 6.04 Å². The van der Waals surface area contributed by atoms with E-state index in [1.807, 2.05) is 46.4 Å². The maximum atomic E-state index is 12.8. The third kappa shape index (κ3) is 3.79. The van der Waals surface area contributed by atoms with Gasteiger partial charge in [0.05, 0.1) is 11.9 Å². The predicted molar refractivity (Wildman–Crippen MR) is 126 cm³/mol. The van der Waals surface area contributed by atoms with Gasteiger partial charge < -0.3 is 9.88 Å². The molecule has 33 heavy (non-hydrogen) atoms. The normalized spacial score (nSPS) is 18.0. The van der Waals surface area contributed by atoms with Crippen LogP contribution < -0.4 is 0 Å². The van der Waals surface area contributed by atoms with Crippen LogP contribution in [0.1, 0.15) is 23.2 Å². The van der Waals surface area contributed by atoms with Crippen molar-refractivity contribution in [3.8, 4) is 11.3 Å². The zero-order valence-electron chi connectivity index (χ0n) is 18.0. The second-order valence-corrected chi connectivity index (χ2v) is 9.08. The fourth-order valence-corrected chi connectivity index (χ4v) is 4.97. The van der Waals surface area contributed by atoms with Gasteiger partial charge in [0.1, 0.15) is 18.0 Å². The Labute approximate surface area is 196 Å². The van der Waals surface area contributed by atoms with Gasteiger partial charge in [-0.3, -0.25) is 14.4 Å². The van der Waals surface area contributed by atoms with E-state index in [4.69, 9.17) is 11.6 Å². The van der Waals surface area contributed by atoms with Crippen molar-refractivity contribution in [3.63, 3.8) is 0 Å². The number of carbonyl (C=O) groups excluding carboxylic acids is 1. The van der Waals surface area contributed by atoms with Gasteiger partial charge in [0.15, 0.2) is 0 Å². The summed E-state index contributed by atoms with van der Waals surface area (Å²) in [7, 11) is 0. The maximum Gasteiger partial charge on any atom is 0.253 e. The molecule has 1 radical (unpaired) electrons. The molecule has 9 heteroatoms. The maximum absolute atomic E-state index is 12.8. The molecule has 2 aliphatic rings. The lowest BCUT2D eigenvalue weighted by molar-refractivity contribution is 0.0515. The molecule has 3 aromatic heterocycles. The summed E-state index contributed by atoms with van der Waals surface area (Å²) in [6.45, 7) is 3.34. The molecule has 2 saturated heterocycles. The summed E-state index contributed by atoms with van der Waals surface area (Å²) >= 11 is 6.05. The molecule has 0 aliphatic carbocycles. The van der Waals surface area contributed by atoms with Gasteiger partial charge >= 0.3 is 0 Å². The zero-order chi connectivity index (χ0) is 22.4. The second kappa shape index (κ2) is 8.28. The molecule has 0 spiro atoms. The van der Waals surface area contributed by atoms with Gasteiger partial charge in [0.25, 0.3) is 5.91 Å². The van der Waals surface area contributed by atoms with Crippen LogP contribution in [0.4, 0.5) is 0 Å². The number of nitrogens with zero attached hydrogens (tertiary/aromatic N) is 6. The number of likely N-dealkylation sites (tertiary alicyclic amines) is 2. The van der Waals surface area contributed by atoms with Crippen molar-refractivity contribution in [2.24, 2.45) is 0 Å². The van der Waals surface area contributed by atoms with Gasteiger partial charge in [-0.15, -0.1) is 0 Å². The summed E-state index contributed by atoms with van der Waals surface area (Å²) in [4.78, 5) is 29.0. The fourth-order valence-electron chi connectivity index (χ4n) is 4.78. The van der Waals surface area contributed by atoms with Gasteiger partial charge in [0, 0.05) is 66.2 Å². The summed E-state index contributed by atoms with van der Waals surface area (Å²) in [5.41, 5.74) is 3.37. The number of carbonyl (C=O) groups is 1. The van der Waals surface area contributed by atoms with Crippen LogP contribution in [-0.4, -0.2) is 72.7 Å². The van der Waals surface area contributed by atoms with Crippen molar-refractivity contribution >= 4 is 28.5 Å². The van der Waals surface area contributed by atoms with Gasteiger partial charge in [-0.05, 0) is 37.1 Å². The first-order valence-electron chi connectivity index (χ1n) is 11.1. The zero-order valence-corrected chi connectivity index (χ0v) is 18.7. The fraction of sp³-hybridized carbons (Fsp3) is 0.292. The van der Waals surface area contributed by atoms with Crippen LogP contribution in [0.25, 0.3) is 22.3 Å². The van der Waals surface area contributed by atoms with E-state index < -0.39 is 0 Å². The van der Waals surface area contributed by atoms with E-state index in [2.05, 4.69) is 25.0 Å². The first-order valence-corrected chi connectivity index (χ1v) is 11.5. The summed E-state index contributed by atoms with van der Waals surface area (Å²) in [5.74, 6) is 0.0668. The molecule has 0 atom stereocenters. The molecular weight excluding hydrogens is 438 g/mol. The van der Waals surface area contributed by atoms with Crippen LogP contribution in [0.3, 0.4) is 0 Å². The van der Waals surface area contributed by atoms with E-state index >= 15 is 0 Å². The molecular formula is C24H23ClN7O. The van der Waals surface area contributed by atoms with Crippen LogP contribution in [0.15, 0.2) is 55.2 Å². The van der Waals surface area contributed by atoms with E-state index in [0.717, 1.165) is 61.3 Å². The number of hydrogen-bond donors (Lipinski definition) is 1. The third-order valence-electron chi connectivity index (χ3n) is 6.64. The number of piperidine rings is 1. The summed E-state index contributed by atoms with van der Waals surface area (Å²) < 4.78 is 1.98. The third-order valence-corrected chi connectivity index (χ3v) is 6.88. The number of halogens is 1. The molecule has 4 aromatic rings. The van der Waals surface area contributed by atoms with E-state index in [-0.39, 0.29) is 5.91 Å². The SMILES string of the molecule is O=C(c1cccc(Cl)c1)N1CCC(N2C[C](n3cc(-c4ncnc5[nH]ccc45)cn3)C2)CC1. The Morgan fingerprint density at radius 1 is 1.12 bits per heavy atom. The summed E-state index contributed by atoms with van der Waals surface area (Å²) in [6.07, 6.45) is 9.33. The van der Waals surface area contributed by atoms with Crippen LogP contribution in [0.2, 0.25) is 5.02 Å². The van der Waals surface area contributed by atoms with Crippen molar-refractivity contribution in [2.75, 3.05) is 26.2 Å². The summed E-state index contributed by atoms with van der Waals surface area (Å²) in [5, 5.41) is 6.17. The van der Waals surface area contributed by atoms with E-state index in [0.29, 0.717) is 16.6 Å². The number of nitrogens with one attached hydrogen (secondary N) is 1. The molecule has 2 fully saturated rings. The molecule has 167 valence electrons. The first kappa shape index (κ1) is 20.4. The number of aromatic nitrogens is 5. The number of H-pyrrole nitrogens is 1. The molecule has 0 unspecified atom stereocenters. The minimum atomic E-state index is 0.0668. The van der Waals surface area contributed by atoms with Crippen LogP contribution in [0, 0.1) is 6.04 Å². The lowest BCUT2D eigenvalue weighted by Crippen LogP contribution is -2.56. The molecule has 1 amide bonds. The lowest BCUT2D eigenvalue weighted by atomic mass is 9.97. The molecule has 1 aromatic carbocycles. The smallest absolute Gasteiger partial charge is 0.253 e. The molecule has 5 heterocycles. The van der Waals surface area contributed by atoms with Crippen molar-refractivity contribution in [3.05, 3.63) is 71.9 Å². The molecule has 8 nitrogen and oxygen atoms in total. The van der Waals surface area contributed by atoms with Gasteiger partial charge in [0.2, 0.25) is 0 Å². The highest BCUT2D eigenvalue weighted by molar-refractivity contribution is 6.30. The molecule has 2 aliphatic heterocycles. The van der Waals surface area contributed by atoms with Crippen molar-refractivity contribution in [2.45, 2.75) is 18.9 Å². The Hall–Kier alpha value is -3.23. The molecule has 0 saturated carbocycles. The minimum Gasteiger partial charge on any atom is -0.346 e. The van der Waals surface area contributed by atoms with Crippen LogP contribution in [0.5, 0.6) is 0 Å². The Morgan fingerprint density at radius 2 is 1.97 bits per heavy atom. The Kier molecular flexibility index (Phi) is 5.11. The average Bonchev–Trinajstić information content (AvgIpc) is 3.48. The van der Waals surface area contributed by atoms with E-state index in [9.17, 15) is 4.79 Å². The Balaban J connectivity index is 1.05. The highest BCUT2D eigenvalue weighted by atomic mass is 35.5. The van der Waals surface area contributed by atoms with Crippen molar-refractivity contribution in [1.82, 2.24) is 34.5 Å². The van der Waals surface area contributed by atoms with Crippen molar-refractivity contribution < 1.29 is 4.79 Å². The van der Waals surface area contributed by atoms with Crippen LogP contribution >= 0.6 is 11.6 Å². The first-order chi connectivity index (χ1) is 16.2. The number of benzene rings is 1. The van der Waals surface area contributed by atoms with Gasteiger partial charge in [-0.25, -0.2) is 9.97 Å².